The minimum atomic E-state index is -0.648. The van der Waals surface area contributed by atoms with Crippen LogP contribution in [0.1, 0.15) is 24.8 Å². The highest BCUT2D eigenvalue weighted by Crippen LogP contribution is 2.38. The van der Waals surface area contributed by atoms with Crippen molar-refractivity contribution in [3.8, 4) is 10.4 Å². The molecule has 1 aliphatic heterocycles. The topological polar surface area (TPSA) is 93.0 Å². The van der Waals surface area contributed by atoms with Crippen LogP contribution in [0.15, 0.2) is 48.1 Å². The molecule has 31 heavy (non-hydrogen) atoms. The van der Waals surface area contributed by atoms with Gasteiger partial charge in [0.1, 0.15) is 6.33 Å². The molecule has 8 nitrogen and oxygen atoms in total. The molecule has 2 aromatic heterocycles. The number of hydrogen-bond donors (Lipinski definition) is 1. The zero-order chi connectivity index (χ0) is 21.7. The first-order valence-corrected chi connectivity index (χ1v) is 11.3. The Morgan fingerprint density at radius 1 is 1.23 bits per heavy atom. The number of thiophene rings is 1. The van der Waals surface area contributed by atoms with Crippen molar-refractivity contribution in [2.45, 2.75) is 32.2 Å². The molecular formula is C22H26N6O2S. The Morgan fingerprint density at radius 3 is 2.84 bits per heavy atom. The number of benzene rings is 1. The molecule has 1 aliphatic rings. The third kappa shape index (κ3) is 4.66. The standard InChI is InChI=1S/C22H26N6O2S/c1-23-21(30)22(14-17-6-2-3-7-18(17)19-8-4-13-31-19)10-5-11-27(15-22)20(29)9-12-28-16-24-25-26-28/h2-4,6-8,13,16H,5,9-12,14-15H2,1H3,(H,23,30)/t22-/m1/s1. The van der Waals surface area contributed by atoms with E-state index in [1.54, 1.807) is 23.1 Å². The Morgan fingerprint density at radius 2 is 2.10 bits per heavy atom. The van der Waals surface area contributed by atoms with Gasteiger partial charge in [-0.2, -0.15) is 0 Å². The van der Waals surface area contributed by atoms with Gasteiger partial charge in [-0.05, 0) is 52.3 Å². The normalized spacial score (nSPS) is 18.7. The van der Waals surface area contributed by atoms with Crippen LogP contribution in [0.25, 0.3) is 10.4 Å². The second-order valence-electron chi connectivity index (χ2n) is 7.91. The fourth-order valence-electron chi connectivity index (χ4n) is 4.38. The lowest BCUT2D eigenvalue weighted by Crippen LogP contribution is -2.54. The van der Waals surface area contributed by atoms with Crippen LogP contribution >= 0.6 is 11.3 Å². The summed E-state index contributed by atoms with van der Waals surface area (Å²) >= 11 is 1.69. The van der Waals surface area contributed by atoms with Crippen molar-refractivity contribution < 1.29 is 9.59 Å². The van der Waals surface area contributed by atoms with Crippen LogP contribution < -0.4 is 5.32 Å². The van der Waals surface area contributed by atoms with Crippen LogP contribution in [0, 0.1) is 5.41 Å². The first-order chi connectivity index (χ1) is 15.1. The quantitative estimate of drug-likeness (QED) is 0.611. The third-order valence-electron chi connectivity index (χ3n) is 5.92. The highest BCUT2D eigenvalue weighted by molar-refractivity contribution is 7.13. The molecule has 0 radical (unpaired) electrons. The Kier molecular flexibility index (Phi) is 6.41. The van der Waals surface area contributed by atoms with Gasteiger partial charge in [-0.3, -0.25) is 9.59 Å². The molecule has 1 fully saturated rings. The van der Waals surface area contributed by atoms with Gasteiger partial charge in [0.25, 0.3) is 0 Å². The monoisotopic (exact) mass is 438 g/mol. The van der Waals surface area contributed by atoms with Crippen molar-refractivity contribution in [1.29, 1.82) is 0 Å². The summed E-state index contributed by atoms with van der Waals surface area (Å²) in [6.45, 7) is 1.51. The number of carbonyl (C=O) groups is 2. The van der Waals surface area contributed by atoms with E-state index in [-0.39, 0.29) is 11.8 Å². The Labute approximate surface area is 185 Å². The molecule has 4 rings (SSSR count). The zero-order valence-electron chi connectivity index (χ0n) is 17.5. The van der Waals surface area contributed by atoms with Gasteiger partial charge < -0.3 is 10.2 Å². The average Bonchev–Trinajstić information content (AvgIpc) is 3.52. The molecule has 0 unspecified atom stereocenters. The molecule has 1 aromatic carbocycles. The summed E-state index contributed by atoms with van der Waals surface area (Å²) in [7, 11) is 1.67. The number of carbonyl (C=O) groups excluding carboxylic acids is 2. The minimum absolute atomic E-state index is 0.00791. The van der Waals surface area contributed by atoms with Crippen LogP contribution in [0.2, 0.25) is 0 Å². The van der Waals surface area contributed by atoms with Gasteiger partial charge in [0.15, 0.2) is 0 Å². The van der Waals surface area contributed by atoms with Crippen molar-refractivity contribution in [3.05, 3.63) is 53.7 Å². The van der Waals surface area contributed by atoms with Crippen LogP contribution in [-0.2, 0) is 22.6 Å². The van der Waals surface area contributed by atoms with E-state index in [0.29, 0.717) is 32.5 Å². The maximum atomic E-state index is 13.1. The lowest BCUT2D eigenvalue weighted by atomic mass is 9.73. The van der Waals surface area contributed by atoms with Gasteiger partial charge in [0, 0.05) is 31.4 Å². The summed E-state index contributed by atoms with van der Waals surface area (Å²) in [5.41, 5.74) is 1.64. The van der Waals surface area contributed by atoms with Gasteiger partial charge in [-0.1, -0.05) is 30.3 Å². The molecule has 0 saturated carbocycles. The highest BCUT2D eigenvalue weighted by Gasteiger charge is 2.43. The summed E-state index contributed by atoms with van der Waals surface area (Å²) in [5.74, 6) is 0.0153. The molecule has 162 valence electrons. The predicted molar refractivity (Wildman–Crippen MR) is 118 cm³/mol. The molecule has 0 aliphatic carbocycles. The maximum absolute atomic E-state index is 13.1. The average molecular weight is 439 g/mol. The van der Waals surface area contributed by atoms with E-state index in [2.05, 4.69) is 44.4 Å². The Hall–Kier alpha value is -3.07. The summed E-state index contributed by atoms with van der Waals surface area (Å²) < 4.78 is 1.55. The minimum Gasteiger partial charge on any atom is -0.359 e. The van der Waals surface area contributed by atoms with Crippen molar-refractivity contribution in [3.63, 3.8) is 0 Å². The number of tetrazole rings is 1. The molecule has 3 aromatic rings. The van der Waals surface area contributed by atoms with Gasteiger partial charge in [-0.15, -0.1) is 16.4 Å². The van der Waals surface area contributed by atoms with E-state index in [0.717, 1.165) is 24.0 Å². The van der Waals surface area contributed by atoms with Crippen LogP contribution in [0.4, 0.5) is 0 Å². The van der Waals surface area contributed by atoms with E-state index >= 15 is 0 Å². The van der Waals surface area contributed by atoms with Crippen LogP contribution in [0.5, 0.6) is 0 Å². The summed E-state index contributed by atoms with van der Waals surface area (Å²) in [6, 6.07) is 12.4. The predicted octanol–water partition coefficient (Wildman–Crippen LogP) is 2.39. The van der Waals surface area contributed by atoms with E-state index in [9.17, 15) is 9.59 Å². The summed E-state index contributed by atoms with van der Waals surface area (Å²) in [6.07, 6.45) is 3.95. The molecule has 9 heteroatoms. The zero-order valence-corrected chi connectivity index (χ0v) is 18.3. The number of rotatable bonds is 7. The van der Waals surface area contributed by atoms with Crippen molar-refractivity contribution in [2.24, 2.45) is 5.41 Å². The molecular weight excluding hydrogens is 412 g/mol. The number of likely N-dealkylation sites (tertiary alicyclic amines) is 1. The summed E-state index contributed by atoms with van der Waals surface area (Å²) in [5, 5.41) is 15.9. The molecule has 1 N–H and O–H groups in total. The Balaban J connectivity index is 1.55. The second-order valence-corrected chi connectivity index (χ2v) is 8.86. The maximum Gasteiger partial charge on any atom is 0.228 e. The summed E-state index contributed by atoms with van der Waals surface area (Å²) in [4.78, 5) is 29.1. The first-order valence-electron chi connectivity index (χ1n) is 10.4. The number of amides is 2. The number of aromatic nitrogens is 4. The molecule has 1 saturated heterocycles. The fourth-order valence-corrected chi connectivity index (χ4v) is 5.17. The number of nitrogens with one attached hydrogen (secondary N) is 1. The smallest absolute Gasteiger partial charge is 0.228 e. The lowest BCUT2D eigenvalue weighted by Gasteiger charge is -2.42. The van der Waals surface area contributed by atoms with Gasteiger partial charge in [-0.25, -0.2) is 4.68 Å². The molecule has 2 amide bonds. The van der Waals surface area contributed by atoms with Crippen molar-refractivity contribution in [2.75, 3.05) is 20.1 Å². The number of nitrogens with zero attached hydrogens (tertiary/aromatic N) is 5. The number of hydrogen-bond acceptors (Lipinski definition) is 6. The fraction of sp³-hybridized carbons (Fsp3) is 0.409. The number of piperidine rings is 1. The van der Waals surface area contributed by atoms with E-state index in [4.69, 9.17) is 0 Å². The van der Waals surface area contributed by atoms with Gasteiger partial charge >= 0.3 is 0 Å². The van der Waals surface area contributed by atoms with E-state index in [1.807, 2.05) is 23.1 Å². The SMILES string of the molecule is CNC(=O)[C@@]1(Cc2ccccc2-c2cccs2)CCCN(C(=O)CCn2cnnn2)C1. The second kappa shape index (κ2) is 9.38. The van der Waals surface area contributed by atoms with Crippen LogP contribution in [0.3, 0.4) is 0 Å². The van der Waals surface area contributed by atoms with Crippen molar-refractivity contribution in [1.82, 2.24) is 30.4 Å². The molecule has 0 bridgehead atoms. The van der Waals surface area contributed by atoms with Gasteiger partial charge in [0.05, 0.1) is 12.0 Å². The first kappa shape index (κ1) is 21.2. The third-order valence-corrected chi connectivity index (χ3v) is 6.82. The largest absolute Gasteiger partial charge is 0.359 e. The van der Waals surface area contributed by atoms with Crippen LogP contribution in [-0.4, -0.2) is 57.1 Å². The number of aryl methyl sites for hydroxylation is 1. The van der Waals surface area contributed by atoms with Gasteiger partial charge in [0.2, 0.25) is 11.8 Å². The van der Waals surface area contributed by atoms with E-state index < -0.39 is 5.41 Å². The highest BCUT2D eigenvalue weighted by atomic mass is 32.1. The Bertz CT molecular complexity index is 1020. The molecule has 0 spiro atoms. The lowest BCUT2D eigenvalue weighted by molar-refractivity contribution is -0.141. The molecule has 1 atom stereocenters. The molecule has 3 heterocycles. The van der Waals surface area contributed by atoms with Crippen molar-refractivity contribution >= 4 is 23.2 Å². The van der Waals surface area contributed by atoms with E-state index in [1.165, 1.54) is 11.2 Å².